The highest BCUT2D eigenvalue weighted by atomic mass is 15.1. The van der Waals surface area contributed by atoms with Gasteiger partial charge in [-0.15, -0.1) is 0 Å². The van der Waals surface area contributed by atoms with Crippen LogP contribution in [0.5, 0.6) is 0 Å². The lowest BCUT2D eigenvalue weighted by Gasteiger charge is -2.36. The van der Waals surface area contributed by atoms with E-state index in [-0.39, 0.29) is 5.41 Å². The fourth-order valence-corrected chi connectivity index (χ4v) is 10.4. The van der Waals surface area contributed by atoms with Crippen molar-refractivity contribution >= 4 is 65.2 Å². The normalized spacial score (nSPS) is 14.9. The molecule has 250 valence electrons. The Balaban J connectivity index is 1.37. The van der Waals surface area contributed by atoms with Crippen molar-refractivity contribution in [1.29, 1.82) is 0 Å². The molecule has 0 unspecified atom stereocenters. The molecule has 10 aromatic rings. The van der Waals surface area contributed by atoms with E-state index in [0.717, 1.165) is 41.0 Å². The van der Waals surface area contributed by atoms with E-state index >= 15 is 0 Å². The molecular weight excluding hydrogens is 643 g/mol. The highest BCUT2D eigenvalue weighted by Crippen LogP contribution is 2.61. The van der Waals surface area contributed by atoms with E-state index < -0.39 is 0 Å². The number of hydrogen-bond acceptors (Lipinski definition) is 2. The Hall–Kier alpha value is -6.32. The van der Waals surface area contributed by atoms with Crippen LogP contribution in [-0.2, 0) is 5.41 Å². The molecule has 2 aliphatic rings. The second kappa shape index (κ2) is 10.8. The minimum Gasteiger partial charge on any atom is -0.292 e. The van der Waals surface area contributed by atoms with Crippen LogP contribution in [0.15, 0.2) is 152 Å². The fraction of sp³-hybridized carbons (Fsp3) is 0.120. The molecule has 53 heavy (non-hydrogen) atoms. The van der Waals surface area contributed by atoms with Crippen LogP contribution in [0.4, 0.5) is 0 Å². The lowest BCUT2D eigenvalue weighted by Crippen LogP contribution is -2.28. The molecule has 8 aromatic carbocycles. The molecule has 0 amide bonds. The van der Waals surface area contributed by atoms with Gasteiger partial charge in [-0.2, -0.15) is 0 Å². The highest BCUT2D eigenvalue weighted by Gasteiger charge is 2.47. The smallest absolute Gasteiger partial charge is 0.165 e. The third-order valence-corrected chi connectivity index (χ3v) is 12.5. The first-order valence-corrected chi connectivity index (χ1v) is 19.1. The van der Waals surface area contributed by atoms with Crippen molar-refractivity contribution in [3.63, 3.8) is 0 Å². The Bertz CT molecular complexity index is 3160. The first kappa shape index (κ1) is 29.3. The molecule has 0 N–H and O–H groups in total. The monoisotopic (exact) mass is 677 g/mol. The summed E-state index contributed by atoms with van der Waals surface area (Å²) >= 11 is 0. The molecule has 2 aliphatic carbocycles. The van der Waals surface area contributed by atoms with E-state index in [1.165, 1.54) is 95.6 Å². The Kier molecular flexibility index (Phi) is 5.99. The van der Waals surface area contributed by atoms with Crippen molar-refractivity contribution in [3.8, 4) is 28.2 Å². The van der Waals surface area contributed by atoms with E-state index in [0.29, 0.717) is 0 Å². The van der Waals surface area contributed by atoms with E-state index in [4.69, 9.17) is 9.97 Å². The van der Waals surface area contributed by atoms with Gasteiger partial charge in [0.15, 0.2) is 5.82 Å². The summed E-state index contributed by atoms with van der Waals surface area (Å²) in [5.41, 5.74) is 11.9. The number of nitrogens with zero attached hydrogens (tertiary/aromatic N) is 3. The van der Waals surface area contributed by atoms with Gasteiger partial charge in [-0.1, -0.05) is 153 Å². The number of aromatic nitrogens is 3. The molecule has 0 aliphatic heterocycles. The molecule has 2 heterocycles. The predicted molar refractivity (Wildman–Crippen MR) is 221 cm³/mol. The van der Waals surface area contributed by atoms with E-state index in [1.807, 2.05) is 0 Å². The summed E-state index contributed by atoms with van der Waals surface area (Å²) in [5.74, 6) is 0.884. The fourth-order valence-electron chi connectivity index (χ4n) is 10.4. The summed E-state index contributed by atoms with van der Waals surface area (Å²) in [5, 5.41) is 10.1. The topological polar surface area (TPSA) is 30.7 Å². The van der Waals surface area contributed by atoms with Crippen molar-refractivity contribution in [3.05, 3.63) is 163 Å². The molecule has 1 fully saturated rings. The Labute approximate surface area is 307 Å². The number of rotatable bonds is 2. The molecular formula is C50H35N3. The summed E-state index contributed by atoms with van der Waals surface area (Å²) in [6.07, 6.45) is 6.02. The molecule has 1 saturated carbocycles. The molecule has 2 aromatic heterocycles. The predicted octanol–water partition coefficient (Wildman–Crippen LogP) is 13.1. The lowest BCUT2D eigenvalue weighted by molar-refractivity contribution is 0.354. The average Bonchev–Trinajstić information content (AvgIpc) is 3.71. The molecule has 0 bridgehead atoms. The van der Waals surface area contributed by atoms with Gasteiger partial charge in [-0.05, 0) is 85.6 Å². The Morgan fingerprint density at radius 1 is 0.472 bits per heavy atom. The molecule has 3 nitrogen and oxygen atoms in total. The number of para-hydroxylation sites is 2. The number of fused-ring (bicyclic) bond motifs is 16. The van der Waals surface area contributed by atoms with Gasteiger partial charge >= 0.3 is 0 Å². The largest absolute Gasteiger partial charge is 0.292 e. The van der Waals surface area contributed by atoms with Crippen LogP contribution in [0, 0.1) is 0 Å². The van der Waals surface area contributed by atoms with Crippen molar-refractivity contribution in [2.24, 2.45) is 0 Å². The van der Waals surface area contributed by atoms with Crippen LogP contribution >= 0.6 is 0 Å². The van der Waals surface area contributed by atoms with Gasteiger partial charge in [0.2, 0.25) is 0 Å². The second-order valence-corrected chi connectivity index (χ2v) is 15.1. The summed E-state index contributed by atoms with van der Waals surface area (Å²) < 4.78 is 2.54. The van der Waals surface area contributed by atoms with Gasteiger partial charge in [0.25, 0.3) is 0 Å². The number of hydrogen-bond donors (Lipinski definition) is 0. The van der Waals surface area contributed by atoms with Crippen molar-refractivity contribution < 1.29 is 0 Å². The molecule has 12 rings (SSSR count). The zero-order valence-corrected chi connectivity index (χ0v) is 29.3. The van der Waals surface area contributed by atoms with Gasteiger partial charge in [-0.3, -0.25) is 4.57 Å². The lowest BCUT2D eigenvalue weighted by atomic mass is 9.67. The van der Waals surface area contributed by atoms with E-state index in [1.54, 1.807) is 0 Å². The highest BCUT2D eigenvalue weighted by molar-refractivity contribution is 6.32. The van der Waals surface area contributed by atoms with Crippen LogP contribution in [0.25, 0.3) is 93.4 Å². The second-order valence-electron chi connectivity index (χ2n) is 15.1. The first-order chi connectivity index (χ1) is 26.3. The van der Waals surface area contributed by atoms with Crippen LogP contribution in [-0.4, -0.2) is 14.5 Å². The van der Waals surface area contributed by atoms with Gasteiger partial charge < -0.3 is 0 Å². The summed E-state index contributed by atoms with van der Waals surface area (Å²) in [4.78, 5) is 11.2. The maximum Gasteiger partial charge on any atom is 0.165 e. The third-order valence-electron chi connectivity index (χ3n) is 12.5. The molecule has 3 heteroatoms. The minimum atomic E-state index is -0.0850. The number of benzene rings is 8. The molecule has 1 spiro atoms. The summed E-state index contributed by atoms with van der Waals surface area (Å²) in [7, 11) is 0. The van der Waals surface area contributed by atoms with Gasteiger partial charge in [0.1, 0.15) is 5.69 Å². The SMILES string of the molecule is c1ccc2c(c1)-c1c(c3c(c4ccccc14)c1c4ccccc4ccc1n3-c1nc3ccccc3nc1-c1cccc3ccccc13)C21CCCCC1. The first-order valence-electron chi connectivity index (χ1n) is 19.1. The zero-order chi connectivity index (χ0) is 34.7. The molecule has 0 radical (unpaired) electrons. The summed E-state index contributed by atoms with van der Waals surface area (Å²) in [6.45, 7) is 0. The van der Waals surface area contributed by atoms with Crippen LogP contribution in [0.2, 0.25) is 0 Å². The van der Waals surface area contributed by atoms with Crippen molar-refractivity contribution in [1.82, 2.24) is 14.5 Å². The Morgan fingerprint density at radius 3 is 1.92 bits per heavy atom. The van der Waals surface area contributed by atoms with Gasteiger partial charge in [0.05, 0.1) is 22.1 Å². The van der Waals surface area contributed by atoms with Gasteiger partial charge in [0, 0.05) is 21.8 Å². The summed E-state index contributed by atoms with van der Waals surface area (Å²) in [6, 6.07) is 55.7. The average molecular weight is 678 g/mol. The van der Waals surface area contributed by atoms with Gasteiger partial charge in [-0.25, -0.2) is 9.97 Å². The third kappa shape index (κ3) is 3.89. The maximum atomic E-state index is 5.67. The van der Waals surface area contributed by atoms with Crippen LogP contribution in [0.1, 0.15) is 43.2 Å². The van der Waals surface area contributed by atoms with Crippen molar-refractivity contribution in [2.45, 2.75) is 37.5 Å². The van der Waals surface area contributed by atoms with Crippen LogP contribution in [0.3, 0.4) is 0 Å². The van der Waals surface area contributed by atoms with E-state index in [9.17, 15) is 0 Å². The Morgan fingerprint density at radius 2 is 1.09 bits per heavy atom. The standard InChI is InChI=1S/C50H35N3/c1-12-29-50(30-13-1)39-24-9-8-22-38(39)43-35-20-6-7-21-36(35)45-44-34-19-5-3-16-32(34)27-28-42(44)53(48(45)46(43)50)49-47(51-40-25-10-11-26-41(40)52-49)37-23-14-17-31-15-2-4-18-33(31)37/h2-11,14-28H,1,12-13,29-30H2. The molecule has 0 saturated heterocycles. The van der Waals surface area contributed by atoms with Crippen LogP contribution < -0.4 is 0 Å². The maximum absolute atomic E-state index is 5.67. The van der Waals surface area contributed by atoms with E-state index in [2.05, 4.69) is 156 Å². The minimum absolute atomic E-state index is 0.0850. The quantitative estimate of drug-likeness (QED) is 0.182. The zero-order valence-electron chi connectivity index (χ0n) is 29.3. The van der Waals surface area contributed by atoms with Crippen molar-refractivity contribution in [2.75, 3.05) is 0 Å². The molecule has 0 atom stereocenters.